The molecule has 6 heteroatoms. The van der Waals surface area contributed by atoms with Crippen LogP contribution in [0.1, 0.15) is 56.1 Å². The lowest BCUT2D eigenvalue weighted by molar-refractivity contribution is -0.124. The molecule has 1 amide bonds. The number of halogens is 1. The van der Waals surface area contributed by atoms with Crippen molar-refractivity contribution in [2.24, 2.45) is 0 Å². The molecule has 1 fully saturated rings. The quantitative estimate of drug-likeness (QED) is 0.744. The van der Waals surface area contributed by atoms with Crippen molar-refractivity contribution in [3.8, 4) is 5.75 Å². The maximum Gasteiger partial charge on any atom is 0.258 e. The van der Waals surface area contributed by atoms with Gasteiger partial charge >= 0.3 is 0 Å². The SMILES string of the molecule is O=C(COc1c(CO)cc(F)cc1CO)NC1CCCCCCC1. The lowest BCUT2D eigenvalue weighted by Crippen LogP contribution is -2.38. The molecule has 0 unspecified atom stereocenters. The molecule has 1 aromatic carbocycles. The average Bonchev–Trinajstić information content (AvgIpc) is 2.55. The Labute approximate surface area is 141 Å². The number of hydrogen-bond acceptors (Lipinski definition) is 4. The van der Waals surface area contributed by atoms with Crippen LogP contribution in [0.5, 0.6) is 5.75 Å². The minimum absolute atomic E-state index is 0.171. The molecule has 0 radical (unpaired) electrons. The number of rotatable bonds is 6. The molecule has 0 aliphatic heterocycles. The smallest absolute Gasteiger partial charge is 0.258 e. The predicted octanol–water partition coefficient (Wildman–Crippen LogP) is 2.42. The molecule has 1 saturated carbocycles. The number of carbonyl (C=O) groups excluding carboxylic acids is 1. The fourth-order valence-corrected chi connectivity index (χ4v) is 3.14. The minimum atomic E-state index is -0.561. The van der Waals surface area contributed by atoms with Crippen LogP contribution in [0.4, 0.5) is 4.39 Å². The molecule has 0 spiro atoms. The molecule has 1 aliphatic rings. The molecule has 0 saturated heterocycles. The van der Waals surface area contributed by atoms with Crippen molar-refractivity contribution in [2.75, 3.05) is 6.61 Å². The Morgan fingerprint density at radius 1 is 1.08 bits per heavy atom. The van der Waals surface area contributed by atoms with Gasteiger partial charge in [-0.25, -0.2) is 4.39 Å². The molecule has 0 atom stereocenters. The normalized spacial score (nSPS) is 16.3. The second-order valence-corrected chi connectivity index (χ2v) is 6.27. The van der Waals surface area contributed by atoms with Crippen molar-refractivity contribution < 1.29 is 24.1 Å². The number of amides is 1. The molecule has 2 rings (SSSR count). The van der Waals surface area contributed by atoms with Crippen molar-refractivity contribution in [3.05, 3.63) is 29.1 Å². The summed E-state index contributed by atoms with van der Waals surface area (Å²) in [5.41, 5.74) is 0.440. The van der Waals surface area contributed by atoms with Crippen LogP contribution < -0.4 is 10.1 Å². The van der Waals surface area contributed by atoms with E-state index in [2.05, 4.69) is 5.32 Å². The van der Waals surface area contributed by atoms with E-state index in [-0.39, 0.29) is 35.4 Å². The summed E-state index contributed by atoms with van der Waals surface area (Å²) in [4.78, 5) is 12.1. The maximum absolute atomic E-state index is 13.4. The van der Waals surface area contributed by atoms with E-state index in [1.165, 1.54) is 19.3 Å². The van der Waals surface area contributed by atoms with E-state index < -0.39 is 19.0 Å². The van der Waals surface area contributed by atoms with Gasteiger partial charge in [-0.05, 0) is 25.0 Å². The van der Waals surface area contributed by atoms with Gasteiger partial charge in [0.1, 0.15) is 11.6 Å². The Morgan fingerprint density at radius 3 is 2.17 bits per heavy atom. The van der Waals surface area contributed by atoms with Gasteiger partial charge in [0.05, 0.1) is 13.2 Å². The summed E-state index contributed by atoms with van der Waals surface area (Å²) in [6, 6.07) is 2.45. The summed E-state index contributed by atoms with van der Waals surface area (Å²) in [7, 11) is 0. The monoisotopic (exact) mass is 339 g/mol. The molecule has 1 aromatic rings. The van der Waals surface area contributed by atoms with Gasteiger partial charge in [0, 0.05) is 17.2 Å². The third-order valence-corrected chi connectivity index (χ3v) is 4.37. The fraction of sp³-hybridized carbons (Fsp3) is 0.611. The van der Waals surface area contributed by atoms with Gasteiger partial charge in [-0.15, -0.1) is 0 Å². The van der Waals surface area contributed by atoms with Gasteiger partial charge in [-0.3, -0.25) is 4.79 Å². The first-order chi connectivity index (χ1) is 11.6. The summed E-state index contributed by atoms with van der Waals surface area (Å²) in [6.07, 6.45) is 7.87. The van der Waals surface area contributed by atoms with Crippen LogP contribution >= 0.6 is 0 Å². The molecular weight excluding hydrogens is 313 g/mol. The highest BCUT2D eigenvalue weighted by Gasteiger charge is 2.16. The molecule has 5 nitrogen and oxygen atoms in total. The summed E-state index contributed by atoms with van der Waals surface area (Å²) < 4.78 is 18.9. The number of nitrogens with one attached hydrogen (secondary N) is 1. The standard InChI is InChI=1S/C18H26FNO4/c19-15-8-13(10-21)18(14(9-15)11-22)24-12-17(23)20-16-6-4-2-1-3-5-7-16/h8-9,16,21-22H,1-7,10-12H2,(H,20,23). The van der Waals surface area contributed by atoms with E-state index in [0.29, 0.717) is 0 Å². The predicted molar refractivity (Wildman–Crippen MR) is 88.0 cm³/mol. The van der Waals surface area contributed by atoms with E-state index >= 15 is 0 Å². The highest BCUT2D eigenvalue weighted by molar-refractivity contribution is 5.78. The lowest BCUT2D eigenvalue weighted by atomic mass is 9.97. The second-order valence-electron chi connectivity index (χ2n) is 6.27. The van der Waals surface area contributed by atoms with Gasteiger partial charge < -0.3 is 20.3 Å². The first kappa shape index (κ1) is 18.7. The van der Waals surface area contributed by atoms with Crippen molar-refractivity contribution in [3.63, 3.8) is 0 Å². The number of carbonyl (C=O) groups is 1. The molecule has 24 heavy (non-hydrogen) atoms. The largest absolute Gasteiger partial charge is 0.483 e. The molecule has 0 aromatic heterocycles. The summed E-state index contributed by atoms with van der Waals surface area (Å²) in [6.45, 7) is -1.07. The first-order valence-electron chi connectivity index (χ1n) is 8.59. The molecule has 3 N–H and O–H groups in total. The van der Waals surface area contributed by atoms with E-state index in [4.69, 9.17) is 4.74 Å². The highest BCUT2D eigenvalue weighted by atomic mass is 19.1. The first-order valence-corrected chi connectivity index (χ1v) is 8.59. The van der Waals surface area contributed by atoms with E-state index in [0.717, 1.165) is 37.8 Å². The van der Waals surface area contributed by atoms with Crippen molar-refractivity contribution in [2.45, 2.75) is 64.2 Å². The third-order valence-electron chi connectivity index (χ3n) is 4.37. The van der Waals surface area contributed by atoms with Gasteiger partial charge in [0.25, 0.3) is 5.91 Å². The van der Waals surface area contributed by atoms with Crippen LogP contribution in [0.15, 0.2) is 12.1 Å². The zero-order chi connectivity index (χ0) is 17.4. The lowest BCUT2D eigenvalue weighted by Gasteiger charge is -2.21. The second kappa shape index (κ2) is 9.59. The van der Waals surface area contributed by atoms with Crippen molar-refractivity contribution in [1.82, 2.24) is 5.32 Å². The number of aliphatic hydroxyl groups excluding tert-OH is 2. The number of aliphatic hydroxyl groups is 2. The number of hydrogen-bond donors (Lipinski definition) is 3. The van der Waals surface area contributed by atoms with Gasteiger partial charge in [-0.2, -0.15) is 0 Å². The molecule has 1 aliphatic carbocycles. The van der Waals surface area contributed by atoms with Crippen LogP contribution in [0.3, 0.4) is 0 Å². The van der Waals surface area contributed by atoms with Crippen LogP contribution in [0.25, 0.3) is 0 Å². The molecule has 134 valence electrons. The van der Waals surface area contributed by atoms with E-state index in [9.17, 15) is 19.4 Å². The fourth-order valence-electron chi connectivity index (χ4n) is 3.14. The Balaban J connectivity index is 1.93. The number of ether oxygens (including phenoxy) is 1. The maximum atomic E-state index is 13.4. The van der Waals surface area contributed by atoms with Crippen LogP contribution in [-0.2, 0) is 18.0 Å². The Bertz CT molecular complexity index is 517. The van der Waals surface area contributed by atoms with E-state index in [1.54, 1.807) is 0 Å². The summed E-state index contributed by atoms with van der Waals surface area (Å²) in [5, 5.41) is 21.6. The van der Waals surface area contributed by atoms with E-state index in [1.807, 2.05) is 0 Å². The summed E-state index contributed by atoms with van der Waals surface area (Å²) in [5.74, 6) is -0.624. The average molecular weight is 339 g/mol. The van der Waals surface area contributed by atoms with Crippen LogP contribution in [-0.4, -0.2) is 28.8 Å². The van der Waals surface area contributed by atoms with Crippen LogP contribution in [0, 0.1) is 5.82 Å². The van der Waals surface area contributed by atoms with Gasteiger partial charge in [-0.1, -0.05) is 32.1 Å². The van der Waals surface area contributed by atoms with Crippen molar-refractivity contribution in [1.29, 1.82) is 0 Å². The van der Waals surface area contributed by atoms with Crippen molar-refractivity contribution >= 4 is 5.91 Å². The van der Waals surface area contributed by atoms with Crippen LogP contribution in [0.2, 0.25) is 0 Å². The minimum Gasteiger partial charge on any atom is -0.483 e. The zero-order valence-corrected chi connectivity index (χ0v) is 13.9. The summed E-state index contributed by atoms with van der Waals surface area (Å²) >= 11 is 0. The molecule has 0 bridgehead atoms. The third kappa shape index (κ3) is 5.46. The van der Waals surface area contributed by atoms with Gasteiger partial charge in [0.2, 0.25) is 0 Å². The number of benzene rings is 1. The zero-order valence-electron chi connectivity index (χ0n) is 13.9. The van der Waals surface area contributed by atoms with Gasteiger partial charge in [0.15, 0.2) is 6.61 Å². The highest BCUT2D eigenvalue weighted by Crippen LogP contribution is 2.26. The topological polar surface area (TPSA) is 78.8 Å². The molecule has 0 heterocycles. The Morgan fingerprint density at radius 2 is 1.62 bits per heavy atom. The Kier molecular flexibility index (Phi) is 7.46. The molecular formula is C18H26FNO4. The Hall–Kier alpha value is -1.66.